The van der Waals surface area contributed by atoms with Crippen molar-refractivity contribution in [2.24, 2.45) is 5.84 Å². The van der Waals surface area contributed by atoms with Crippen LogP contribution < -0.4 is 16.0 Å². The fourth-order valence-corrected chi connectivity index (χ4v) is 2.37. The number of aromatic nitrogens is 1. The molecule has 1 atom stereocenters. The Balaban J connectivity index is 2.36. The van der Waals surface area contributed by atoms with Gasteiger partial charge >= 0.3 is 0 Å². The molecule has 0 fully saturated rings. The second-order valence-electron chi connectivity index (χ2n) is 3.79. The Morgan fingerprint density at radius 2 is 2.28 bits per heavy atom. The fourth-order valence-electron chi connectivity index (χ4n) is 1.73. The monoisotopic (exact) mass is 267 g/mol. The molecule has 2 aromatic rings. The lowest BCUT2D eigenvalue weighted by molar-refractivity contribution is 0.385. The van der Waals surface area contributed by atoms with E-state index in [1.807, 2.05) is 12.3 Å². The van der Waals surface area contributed by atoms with Crippen LogP contribution >= 0.6 is 11.3 Å². The first-order chi connectivity index (χ1) is 8.65. The molecule has 1 aromatic heterocycles. The average Bonchev–Trinajstić information content (AvgIpc) is 2.77. The van der Waals surface area contributed by atoms with Gasteiger partial charge in [-0.25, -0.2) is 14.8 Å². The van der Waals surface area contributed by atoms with Crippen molar-refractivity contribution in [2.45, 2.75) is 13.0 Å². The number of ether oxygens (including phenoxy) is 1. The van der Waals surface area contributed by atoms with Crippen LogP contribution in [-0.4, -0.2) is 12.1 Å². The largest absolute Gasteiger partial charge is 0.494 e. The average molecular weight is 267 g/mol. The van der Waals surface area contributed by atoms with Crippen LogP contribution in [0.15, 0.2) is 23.6 Å². The van der Waals surface area contributed by atoms with E-state index in [1.165, 1.54) is 24.5 Å². The number of hydrogen-bond donors (Lipinski definition) is 2. The highest BCUT2D eigenvalue weighted by atomic mass is 32.1. The molecule has 2 rings (SSSR count). The lowest BCUT2D eigenvalue weighted by Gasteiger charge is -2.14. The number of methoxy groups -OCH3 is 1. The zero-order valence-corrected chi connectivity index (χ0v) is 10.9. The summed E-state index contributed by atoms with van der Waals surface area (Å²) >= 11 is 1.53. The third-order valence-electron chi connectivity index (χ3n) is 2.61. The van der Waals surface area contributed by atoms with Crippen LogP contribution in [0.2, 0.25) is 0 Å². The van der Waals surface area contributed by atoms with Crippen molar-refractivity contribution in [1.82, 2.24) is 10.4 Å². The van der Waals surface area contributed by atoms with E-state index < -0.39 is 5.82 Å². The number of nitrogens with one attached hydrogen (secondary N) is 1. The van der Waals surface area contributed by atoms with E-state index in [9.17, 15) is 4.39 Å². The number of nitrogens with zero attached hydrogens (tertiary/aromatic N) is 1. The smallest absolute Gasteiger partial charge is 0.165 e. The first-order valence-corrected chi connectivity index (χ1v) is 6.25. The summed E-state index contributed by atoms with van der Waals surface area (Å²) in [7, 11) is 1.43. The van der Waals surface area contributed by atoms with Gasteiger partial charge in [0.25, 0.3) is 0 Å². The van der Waals surface area contributed by atoms with Crippen molar-refractivity contribution in [3.05, 3.63) is 45.7 Å². The number of hydrogen-bond acceptors (Lipinski definition) is 5. The van der Waals surface area contributed by atoms with Gasteiger partial charge < -0.3 is 4.74 Å². The Kier molecular flexibility index (Phi) is 3.90. The topological polar surface area (TPSA) is 60.2 Å². The molecule has 0 aliphatic rings. The molecule has 6 heteroatoms. The van der Waals surface area contributed by atoms with Gasteiger partial charge in [0.15, 0.2) is 11.6 Å². The van der Waals surface area contributed by atoms with Crippen LogP contribution in [0.3, 0.4) is 0 Å². The highest BCUT2D eigenvalue weighted by Gasteiger charge is 2.17. The maximum Gasteiger partial charge on any atom is 0.165 e. The Morgan fingerprint density at radius 3 is 2.78 bits per heavy atom. The molecule has 1 aromatic carbocycles. The number of aryl methyl sites for hydroxylation is 1. The molecule has 96 valence electrons. The second kappa shape index (κ2) is 5.43. The lowest BCUT2D eigenvalue weighted by Crippen LogP contribution is -2.29. The van der Waals surface area contributed by atoms with E-state index >= 15 is 0 Å². The van der Waals surface area contributed by atoms with E-state index in [4.69, 9.17) is 10.6 Å². The fraction of sp³-hybridized carbons (Fsp3) is 0.250. The summed E-state index contributed by atoms with van der Waals surface area (Å²) < 4.78 is 18.5. The summed E-state index contributed by atoms with van der Waals surface area (Å²) in [6.45, 7) is 1.91. The number of hydrazine groups is 1. The van der Waals surface area contributed by atoms with Gasteiger partial charge in [0.05, 0.1) is 23.9 Å². The van der Waals surface area contributed by atoms with Crippen molar-refractivity contribution in [3.63, 3.8) is 0 Å². The number of rotatable bonds is 4. The standard InChI is InChI=1S/C12H14FN3OS/c1-7-15-10(6-18-7)12(16-14)8-3-4-11(17-2)9(13)5-8/h3-6,12,16H,14H2,1-2H3. The van der Waals surface area contributed by atoms with E-state index in [0.29, 0.717) is 5.56 Å². The maximum absolute atomic E-state index is 13.7. The summed E-state index contributed by atoms with van der Waals surface area (Å²) in [5, 5.41) is 2.85. The van der Waals surface area contributed by atoms with Crippen LogP contribution in [0.25, 0.3) is 0 Å². The minimum atomic E-state index is -0.415. The number of benzene rings is 1. The molecule has 0 amide bonds. The van der Waals surface area contributed by atoms with E-state index in [0.717, 1.165) is 10.7 Å². The maximum atomic E-state index is 13.7. The van der Waals surface area contributed by atoms with Gasteiger partial charge in [0.2, 0.25) is 0 Å². The van der Waals surface area contributed by atoms with E-state index in [2.05, 4.69) is 10.4 Å². The minimum absolute atomic E-state index is 0.212. The molecular formula is C12H14FN3OS. The Hall–Kier alpha value is -1.50. The van der Waals surface area contributed by atoms with Crippen LogP contribution in [0.1, 0.15) is 22.3 Å². The van der Waals surface area contributed by atoms with Gasteiger partial charge in [0, 0.05) is 5.38 Å². The van der Waals surface area contributed by atoms with Crippen LogP contribution in [0, 0.1) is 12.7 Å². The molecule has 4 nitrogen and oxygen atoms in total. The predicted octanol–water partition coefficient (Wildman–Crippen LogP) is 2.15. The van der Waals surface area contributed by atoms with Crippen molar-refractivity contribution < 1.29 is 9.13 Å². The first kappa shape index (κ1) is 12.9. The molecule has 0 aliphatic heterocycles. The van der Waals surface area contributed by atoms with Gasteiger partial charge in [-0.15, -0.1) is 11.3 Å². The second-order valence-corrected chi connectivity index (χ2v) is 4.85. The third kappa shape index (κ3) is 2.50. The SMILES string of the molecule is COc1ccc(C(NN)c2csc(C)n2)cc1F. The molecule has 1 unspecified atom stereocenters. The molecule has 0 saturated carbocycles. The number of nitrogens with two attached hydrogens (primary N) is 1. The van der Waals surface area contributed by atoms with Gasteiger partial charge in [-0.2, -0.15) is 0 Å². The van der Waals surface area contributed by atoms with E-state index in [1.54, 1.807) is 12.1 Å². The quantitative estimate of drug-likeness (QED) is 0.658. The Morgan fingerprint density at radius 1 is 1.50 bits per heavy atom. The molecule has 1 heterocycles. The molecule has 0 spiro atoms. The van der Waals surface area contributed by atoms with Crippen molar-refractivity contribution in [2.75, 3.05) is 7.11 Å². The van der Waals surface area contributed by atoms with Crippen molar-refractivity contribution >= 4 is 11.3 Å². The summed E-state index contributed by atoms with van der Waals surface area (Å²) in [6, 6.07) is 4.42. The Labute approximate surface area is 109 Å². The zero-order valence-electron chi connectivity index (χ0n) is 10.1. The van der Waals surface area contributed by atoms with Crippen molar-refractivity contribution in [1.29, 1.82) is 0 Å². The highest BCUT2D eigenvalue weighted by molar-refractivity contribution is 7.09. The third-order valence-corrected chi connectivity index (χ3v) is 3.40. The molecule has 18 heavy (non-hydrogen) atoms. The van der Waals surface area contributed by atoms with Crippen LogP contribution in [0.4, 0.5) is 4.39 Å². The normalized spacial score (nSPS) is 12.4. The minimum Gasteiger partial charge on any atom is -0.494 e. The lowest BCUT2D eigenvalue weighted by atomic mass is 10.0. The Bertz CT molecular complexity index is 544. The molecule has 0 radical (unpaired) electrons. The summed E-state index contributed by atoms with van der Waals surface area (Å²) in [5.74, 6) is 5.33. The highest BCUT2D eigenvalue weighted by Crippen LogP contribution is 2.26. The zero-order chi connectivity index (χ0) is 13.1. The number of halogens is 1. The molecule has 3 N–H and O–H groups in total. The van der Waals surface area contributed by atoms with Crippen LogP contribution in [-0.2, 0) is 0 Å². The first-order valence-electron chi connectivity index (χ1n) is 5.37. The predicted molar refractivity (Wildman–Crippen MR) is 69.0 cm³/mol. The van der Waals surface area contributed by atoms with Gasteiger partial charge in [0.1, 0.15) is 0 Å². The van der Waals surface area contributed by atoms with Gasteiger partial charge in [-0.05, 0) is 24.6 Å². The summed E-state index contributed by atoms with van der Waals surface area (Å²) in [6.07, 6.45) is 0. The van der Waals surface area contributed by atoms with E-state index in [-0.39, 0.29) is 11.8 Å². The van der Waals surface area contributed by atoms with Gasteiger partial charge in [-0.3, -0.25) is 5.84 Å². The number of thiazole rings is 1. The molecule has 0 saturated heterocycles. The van der Waals surface area contributed by atoms with Crippen LogP contribution in [0.5, 0.6) is 5.75 Å². The molecule has 0 bridgehead atoms. The van der Waals surface area contributed by atoms with Gasteiger partial charge in [-0.1, -0.05) is 6.07 Å². The molecular weight excluding hydrogens is 253 g/mol. The summed E-state index contributed by atoms with van der Waals surface area (Å²) in [5.41, 5.74) is 4.14. The molecule has 0 aliphatic carbocycles. The summed E-state index contributed by atoms with van der Waals surface area (Å²) in [4.78, 5) is 4.35. The van der Waals surface area contributed by atoms with Crippen molar-refractivity contribution in [3.8, 4) is 5.75 Å².